The maximum Gasteiger partial charge on any atom is 0.338 e. The molecule has 0 heterocycles. The zero-order valence-electron chi connectivity index (χ0n) is 8.16. The quantitative estimate of drug-likeness (QED) is 0.638. The summed E-state index contributed by atoms with van der Waals surface area (Å²) in [4.78, 5) is 19.9. The summed E-state index contributed by atoms with van der Waals surface area (Å²) in [5.41, 5.74) is -2.52. The first-order valence-electron chi connectivity index (χ1n) is 4.28. The molecule has 0 unspecified atom stereocenters. The van der Waals surface area contributed by atoms with Gasteiger partial charge in [0.05, 0.1) is 4.92 Å². The van der Waals surface area contributed by atoms with Gasteiger partial charge in [0.1, 0.15) is 11.4 Å². The van der Waals surface area contributed by atoms with E-state index in [2.05, 4.69) is 0 Å². The van der Waals surface area contributed by atoms with Gasteiger partial charge in [-0.05, 0) is 6.42 Å². The Balaban J connectivity index is 3.62. The van der Waals surface area contributed by atoms with Crippen LogP contribution in [-0.2, 0) is 6.42 Å². The van der Waals surface area contributed by atoms with Gasteiger partial charge in [0.15, 0.2) is 0 Å². The minimum Gasteiger partial charge on any atom is -0.478 e. The predicted molar refractivity (Wildman–Crippen MR) is 49.3 cm³/mol. The van der Waals surface area contributed by atoms with E-state index in [9.17, 15) is 23.7 Å². The molecule has 1 aromatic carbocycles. The highest BCUT2D eigenvalue weighted by Gasteiger charge is 2.26. The minimum absolute atomic E-state index is 0.167. The molecule has 0 spiro atoms. The molecule has 0 fully saturated rings. The minimum atomic E-state index is -1.67. The van der Waals surface area contributed by atoms with Crippen molar-refractivity contribution in [2.45, 2.75) is 13.3 Å². The van der Waals surface area contributed by atoms with E-state index in [1.807, 2.05) is 0 Å². The van der Waals surface area contributed by atoms with Crippen LogP contribution in [0.15, 0.2) is 6.07 Å². The molecule has 1 N–H and O–H groups in total. The van der Waals surface area contributed by atoms with Crippen LogP contribution in [-0.4, -0.2) is 16.0 Å². The second-order valence-electron chi connectivity index (χ2n) is 2.97. The Morgan fingerprint density at radius 3 is 2.44 bits per heavy atom. The molecule has 0 amide bonds. The molecule has 0 aliphatic heterocycles. The number of nitrogens with zero attached hydrogens (tertiary/aromatic N) is 1. The topological polar surface area (TPSA) is 80.4 Å². The smallest absolute Gasteiger partial charge is 0.338 e. The first-order valence-corrected chi connectivity index (χ1v) is 4.28. The number of halogens is 2. The van der Waals surface area contributed by atoms with Crippen LogP contribution >= 0.6 is 0 Å². The van der Waals surface area contributed by atoms with E-state index in [4.69, 9.17) is 5.11 Å². The Kier molecular flexibility index (Phi) is 3.17. The second kappa shape index (κ2) is 4.21. The summed E-state index contributed by atoms with van der Waals surface area (Å²) in [5.74, 6) is -4.26. The highest BCUT2D eigenvalue weighted by Crippen LogP contribution is 2.26. The zero-order valence-corrected chi connectivity index (χ0v) is 8.16. The predicted octanol–water partition coefficient (Wildman–Crippen LogP) is 2.13. The first-order chi connectivity index (χ1) is 7.40. The maximum atomic E-state index is 13.4. The summed E-state index contributed by atoms with van der Waals surface area (Å²) in [7, 11) is 0. The Hall–Kier alpha value is -2.05. The number of carboxylic acid groups (broad SMARTS) is 1. The molecule has 0 saturated heterocycles. The Bertz CT molecular complexity index is 435. The van der Waals surface area contributed by atoms with Crippen LogP contribution in [0, 0.1) is 21.7 Å². The van der Waals surface area contributed by atoms with E-state index >= 15 is 0 Å². The molecule has 1 rings (SSSR count). The third kappa shape index (κ3) is 1.83. The van der Waals surface area contributed by atoms with Gasteiger partial charge in [-0.15, -0.1) is 0 Å². The number of rotatable bonds is 3. The highest BCUT2D eigenvalue weighted by molar-refractivity contribution is 5.89. The SMILES string of the molecule is CCc1c(F)c(C(=O)O)cc([N+](=O)[O-])c1F. The average molecular weight is 231 g/mol. The van der Waals surface area contributed by atoms with Crippen LogP contribution < -0.4 is 0 Å². The highest BCUT2D eigenvalue weighted by atomic mass is 19.1. The summed E-state index contributed by atoms with van der Waals surface area (Å²) in [6, 6.07) is 0.381. The molecule has 0 aliphatic rings. The van der Waals surface area contributed by atoms with E-state index in [-0.39, 0.29) is 6.42 Å². The molecular formula is C9H7F2NO4. The molecule has 0 aliphatic carbocycles. The fraction of sp³-hybridized carbons (Fsp3) is 0.222. The third-order valence-corrected chi connectivity index (χ3v) is 2.05. The summed E-state index contributed by atoms with van der Waals surface area (Å²) < 4.78 is 26.7. The van der Waals surface area contributed by atoms with E-state index in [1.54, 1.807) is 0 Å². The lowest BCUT2D eigenvalue weighted by molar-refractivity contribution is -0.387. The maximum absolute atomic E-state index is 13.4. The van der Waals surface area contributed by atoms with Crippen LogP contribution in [0.5, 0.6) is 0 Å². The number of hydrogen-bond acceptors (Lipinski definition) is 3. The molecule has 5 nitrogen and oxygen atoms in total. The molecular weight excluding hydrogens is 224 g/mol. The van der Waals surface area contributed by atoms with Gasteiger partial charge in [-0.1, -0.05) is 6.92 Å². The van der Waals surface area contributed by atoms with Crippen LogP contribution in [0.4, 0.5) is 14.5 Å². The first kappa shape index (κ1) is 12.0. The Morgan fingerprint density at radius 2 is 2.06 bits per heavy atom. The molecule has 0 aromatic heterocycles. The lowest BCUT2D eigenvalue weighted by Crippen LogP contribution is -2.08. The van der Waals surface area contributed by atoms with E-state index in [0.717, 1.165) is 0 Å². The lowest BCUT2D eigenvalue weighted by Gasteiger charge is -2.05. The average Bonchev–Trinajstić information content (AvgIpc) is 2.17. The summed E-state index contributed by atoms with van der Waals surface area (Å²) in [6.45, 7) is 1.37. The Labute approximate surface area is 88.5 Å². The number of nitro benzene ring substituents is 1. The largest absolute Gasteiger partial charge is 0.478 e. The fourth-order valence-corrected chi connectivity index (χ4v) is 1.28. The van der Waals surface area contributed by atoms with Crippen LogP contribution in [0.3, 0.4) is 0 Å². The number of benzene rings is 1. The van der Waals surface area contributed by atoms with Crippen molar-refractivity contribution in [3.63, 3.8) is 0 Å². The Morgan fingerprint density at radius 1 is 1.50 bits per heavy atom. The van der Waals surface area contributed by atoms with Gasteiger partial charge in [-0.25, -0.2) is 9.18 Å². The molecule has 0 radical (unpaired) electrons. The van der Waals surface area contributed by atoms with Crippen molar-refractivity contribution in [1.82, 2.24) is 0 Å². The van der Waals surface area contributed by atoms with E-state index in [1.165, 1.54) is 6.92 Å². The summed E-state index contributed by atoms with van der Waals surface area (Å²) in [6.07, 6.45) is -0.167. The third-order valence-electron chi connectivity index (χ3n) is 2.05. The van der Waals surface area contributed by atoms with Crippen molar-refractivity contribution in [2.75, 3.05) is 0 Å². The monoisotopic (exact) mass is 231 g/mol. The number of carbonyl (C=O) groups is 1. The fourth-order valence-electron chi connectivity index (χ4n) is 1.28. The summed E-state index contributed by atoms with van der Waals surface area (Å²) in [5, 5.41) is 19.0. The molecule has 7 heteroatoms. The molecule has 86 valence electrons. The van der Waals surface area contributed by atoms with Gasteiger partial charge in [0.2, 0.25) is 5.82 Å². The van der Waals surface area contributed by atoms with Gasteiger partial charge in [0, 0.05) is 11.6 Å². The number of carboxylic acids is 1. The van der Waals surface area contributed by atoms with Crippen LogP contribution in [0.1, 0.15) is 22.8 Å². The van der Waals surface area contributed by atoms with Gasteiger partial charge >= 0.3 is 11.7 Å². The molecule has 0 atom stereocenters. The zero-order chi connectivity index (χ0) is 12.5. The van der Waals surface area contributed by atoms with Gasteiger partial charge in [-0.2, -0.15) is 4.39 Å². The van der Waals surface area contributed by atoms with Gasteiger partial charge < -0.3 is 5.11 Å². The van der Waals surface area contributed by atoms with Crippen molar-refractivity contribution < 1.29 is 23.6 Å². The molecule has 16 heavy (non-hydrogen) atoms. The van der Waals surface area contributed by atoms with Crippen molar-refractivity contribution in [1.29, 1.82) is 0 Å². The van der Waals surface area contributed by atoms with Crippen molar-refractivity contribution in [2.24, 2.45) is 0 Å². The lowest BCUT2D eigenvalue weighted by atomic mass is 10.1. The second-order valence-corrected chi connectivity index (χ2v) is 2.97. The molecule has 0 bridgehead atoms. The van der Waals surface area contributed by atoms with Gasteiger partial charge in [0.25, 0.3) is 0 Å². The molecule has 1 aromatic rings. The number of hydrogen-bond donors (Lipinski definition) is 1. The van der Waals surface area contributed by atoms with Crippen LogP contribution in [0.2, 0.25) is 0 Å². The van der Waals surface area contributed by atoms with Crippen molar-refractivity contribution >= 4 is 11.7 Å². The normalized spacial score (nSPS) is 10.2. The standard InChI is InChI=1S/C9H7F2NO4/c1-2-4-7(10)5(9(13)14)3-6(8(4)11)12(15)16/h3H,2H2,1H3,(H,13,14). The van der Waals surface area contributed by atoms with Crippen molar-refractivity contribution in [3.05, 3.63) is 38.9 Å². The van der Waals surface area contributed by atoms with E-state index in [0.29, 0.717) is 6.07 Å². The molecule has 0 saturated carbocycles. The van der Waals surface area contributed by atoms with Gasteiger partial charge in [-0.3, -0.25) is 10.1 Å². The summed E-state index contributed by atoms with van der Waals surface area (Å²) >= 11 is 0. The van der Waals surface area contributed by atoms with Crippen molar-refractivity contribution in [3.8, 4) is 0 Å². The van der Waals surface area contributed by atoms with E-state index < -0.39 is 39.3 Å². The van der Waals surface area contributed by atoms with Crippen LogP contribution in [0.25, 0.3) is 0 Å². The number of nitro groups is 1. The number of aromatic carboxylic acids is 1.